The largest absolute Gasteiger partial charge is 0.481 e. The Morgan fingerprint density at radius 1 is 1.32 bits per heavy atom. The number of nitrogens with one attached hydrogen (secondary N) is 1. The van der Waals surface area contributed by atoms with E-state index in [0.29, 0.717) is 6.54 Å². The molecular weight excluding hydrogens is 250 g/mol. The number of carboxylic acids is 1. The lowest BCUT2D eigenvalue weighted by Crippen LogP contribution is -2.49. The molecule has 7 nitrogen and oxygen atoms in total. The van der Waals surface area contributed by atoms with Crippen molar-refractivity contribution in [2.24, 2.45) is 11.7 Å². The first-order chi connectivity index (χ1) is 9.06. The molecule has 2 aliphatic rings. The molecule has 2 saturated heterocycles. The van der Waals surface area contributed by atoms with Crippen LogP contribution in [0.5, 0.6) is 0 Å². The fraction of sp³-hybridized carbons (Fsp3) is 0.833. The number of rotatable bonds is 4. The van der Waals surface area contributed by atoms with Gasteiger partial charge in [0.2, 0.25) is 5.91 Å². The molecule has 0 bridgehead atoms. The Bertz CT molecular complexity index is 342. The van der Waals surface area contributed by atoms with E-state index in [-0.39, 0.29) is 25.2 Å². The Balaban J connectivity index is 1.76. The zero-order chi connectivity index (χ0) is 13.8. The molecule has 0 aromatic heterocycles. The second-order valence-electron chi connectivity index (χ2n) is 5.27. The molecule has 2 heterocycles. The quantitative estimate of drug-likeness (QED) is 0.582. The first-order valence-electron chi connectivity index (χ1n) is 6.64. The molecule has 108 valence electrons. The first-order valence-corrected chi connectivity index (χ1v) is 6.64. The number of carboxylic acid groups (broad SMARTS) is 1. The van der Waals surface area contributed by atoms with Gasteiger partial charge in [0.15, 0.2) is 0 Å². The van der Waals surface area contributed by atoms with Crippen molar-refractivity contribution in [1.82, 2.24) is 10.2 Å². The van der Waals surface area contributed by atoms with Crippen LogP contribution in [0.25, 0.3) is 0 Å². The summed E-state index contributed by atoms with van der Waals surface area (Å²) in [5.41, 5.74) is 5.80. The van der Waals surface area contributed by atoms with Gasteiger partial charge in [0.1, 0.15) is 5.92 Å². The Hall–Kier alpha value is -1.18. The molecule has 0 saturated carbocycles. The number of carbonyl (C=O) groups excluding carboxylic acids is 1. The molecule has 0 radical (unpaired) electrons. The van der Waals surface area contributed by atoms with Crippen LogP contribution in [0.3, 0.4) is 0 Å². The molecule has 2 aliphatic heterocycles. The van der Waals surface area contributed by atoms with Gasteiger partial charge in [0.25, 0.3) is 0 Å². The summed E-state index contributed by atoms with van der Waals surface area (Å²) in [6, 6.07) is -0.184. The third-order valence-corrected chi connectivity index (χ3v) is 3.74. The second-order valence-corrected chi connectivity index (χ2v) is 5.27. The van der Waals surface area contributed by atoms with Crippen LogP contribution >= 0.6 is 0 Å². The molecule has 7 heteroatoms. The standard InChI is InChI=1S/C12H21N3O4/c13-8-1-3-15(4-2-8)5-11(16)14-10-7-19-6-9(10)12(17)18/h8-10H,1-7,13H2,(H,14,16)(H,17,18). The van der Waals surface area contributed by atoms with Gasteiger partial charge in [-0.05, 0) is 12.8 Å². The van der Waals surface area contributed by atoms with E-state index in [4.69, 9.17) is 15.6 Å². The van der Waals surface area contributed by atoms with Gasteiger partial charge in [-0.15, -0.1) is 0 Å². The highest BCUT2D eigenvalue weighted by Crippen LogP contribution is 2.14. The van der Waals surface area contributed by atoms with Crippen molar-refractivity contribution in [1.29, 1.82) is 0 Å². The lowest BCUT2D eigenvalue weighted by atomic mass is 10.0. The summed E-state index contributed by atoms with van der Waals surface area (Å²) in [4.78, 5) is 24.9. The Morgan fingerprint density at radius 3 is 2.63 bits per heavy atom. The smallest absolute Gasteiger partial charge is 0.311 e. The maximum absolute atomic E-state index is 11.9. The molecule has 2 atom stereocenters. The second kappa shape index (κ2) is 6.31. The molecular formula is C12H21N3O4. The van der Waals surface area contributed by atoms with Crippen LogP contribution in [0.15, 0.2) is 0 Å². The van der Waals surface area contributed by atoms with Gasteiger partial charge in [-0.2, -0.15) is 0 Å². The predicted molar refractivity (Wildman–Crippen MR) is 67.5 cm³/mol. The van der Waals surface area contributed by atoms with Crippen molar-refractivity contribution in [2.75, 3.05) is 32.8 Å². The summed E-state index contributed by atoms with van der Waals surface area (Å²) >= 11 is 0. The minimum atomic E-state index is -0.924. The summed E-state index contributed by atoms with van der Waals surface area (Å²) in [5.74, 6) is -1.71. The minimum absolute atomic E-state index is 0.141. The van der Waals surface area contributed by atoms with Crippen molar-refractivity contribution >= 4 is 11.9 Å². The van der Waals surface area contributed by atoms with E-state index < -0.39 is 17.9 Å². The molecule has 0 aromatic rings. The van der Waals surface area contributed by atoms with Crippen molar-refractivity contribution in [3.63, 3.8) is 0 Å². The lowest BCUT2D eigenvalue weighted by molar-refractivity contribution is -0.142. The van der Waals surface area contributed by atoms with Gasteiger partial charge in [-0.1, -0.05) is 0 Å². The Kier molecular flexibility index (Phi) is 4.73. The number of piperidine rings is 1. The van der Waals surface area contributed by atoms with Crippen LogP contribution in [0.4, 0.5) is 0 Å². The highest BCUT2D eigenvalue weighted by Gasteiger charge is 2.35. The van der Waals surface area contributed by atoms with Crippen LogP contribution in [-0.4, -0.2) is 66.8 Å². The number of likely N-dealkylation sites (tertiary alicyclic amines) is 1. The normalized spacial score (nSPS) is 29.3. The number of hydrogen-bond acceptors (Lipinski definition) is 5. The number of aliphatic carboxylic acids is 1. The third kappa shape index (κ3) is 3.89. The van der Waals surface area contributed by atoms with Crippen molar-refractivity contribution in [3.05, 3.63) is 0 Å². The van der Waals surface area contributed by atoms with E-state index in [1.807, 2.05) is 4.90 Å². The van der Waals surface area contributed by atoms with Gasteiger partial charge in [-0.3, -0.25) is 14.5 Å². The van der Waals surface area contributed by atoms with E-state index in [1.54, 1.807) is 0 Å². The molecule has 2 unspecified atom stereocenters. The van der Waals surface area contributed by atoms with Crippen LogP contribution in [0, 0.1) is 5.92 Å². The van der Waals surface area contributed by atoms with Crippen LogP contribution in [0.1, 0.15) is 12.8 Å². The number of nitrogens with two attached hydrogens (primary N) is 1. The molecule has 19 heavy (non-hydrogen) atoms. The lowest BCUT2D eigenvalue weighted by Gasteiger charge is -2.29. The monoisotopic (exact) mass is 271 g/mol. The topological polar surface area (TPSA) is 105 Å². The highest BCUT2D eigenvalue weighted by atomic mass is 16.5. The van der Waals surface area contributed by atoms with Crippen molar-refractivity contribution in [3.8, 4) is 0 Å². The summed E-state index contributed by atoms with van der Waals surface area (Å²) < 4.78 is 5.11. The van der Waals surface area contributed by atoms with Gasteiger partial charge >= 0.3 is 5.97 Å². The Morgan fingerprint density at radius 2 is 2.00 bits per heavy atom. The molecule has 4 N–H and O–H groups in total. The third-order valence-electron chi connectivity index (χ3n) is 3.74. The fourth-order valence-corrected chi connectivity index (χ4v) is 2.51. The average molecular weight is 271 g/mol. The van der Waals surface area contributed by atoms with Gasteiger partial charge in [-0.25, -0.2) is 0 Å². The molecule has 1 amide bonds. The van der Waals surface area contributed by atoms with Crippen molar-refractivity contribution < 1.29 is 19.4 Å². The van der Waals surface area contributed by atoms with Gasteiger partial charge < -0.3 is 20.9 Å². The average Bonchev–Trinajstić information content (AvgIpc) is 2.80. The van der Waals surface area contributed by atoms with Gasteiger partial charge in [0, 0.05) is 19.1 Å². The zero-order valence-corrected chi connectivity index (χ0v) is 10.9. The van der Waals surface area contributed by atoms with Crippen molar-refractivity contribution in [2.45, 2.75) is 24.9 Å². The number of carbonyl (C=O) groups is 2. The Labute approximate surface area is 112 Å². The summed E-state index contributed by atoms with van der Waals surface area (Å²) in [7, 11) is 0. The maximum atomic E-state index is 11.9. The summed E-state index contributed by atoms with van der Waals surface area (Å²) in [6.07, 6.45) is 1.80. The van der Waals surface area contributed by atoms with Crippen LogP contribution in [-0.2, 0) is 14.3 Å². The minimum Gasteiger partial charge on any atom is -0.481 e. The number of nitrogens with zero attached hydrogens (tertiary/aromatic N) is 1. The van der Waals surface area contributed by atoms with E-state index in [9.17, 15) is 9.59 Å². The van der Waals surface area contributed by atoms with Crippen LogP contribution < -0.4 is 11.1 Å². The van der Waals surface area contributed by atoms with E-state index >= 15 is 0 Å². The zero-order valence-electron chi connectivity index (χ0n) is 10.9. The van der Waals surface area contributed by atoms with E-state index in [1.165, 1.54) is 0 Å². The predicted octanol–water partition coefficient (Wildman–Crippen LogP) is -1.37. The molecule has 2 rings (SSSR count). The molecule has 2 fully saturated rings. The maximum Gasteiger partial charge on any atom is 0.311 e. The summed E-state index contributed by atoms with van der Waals surface area (Å²) in [5, 5.41) is 11.7. The fourth-order valence-electron chi connectivity index (χ4n) is 2.51. The number of hydrogen-bond donors (Lipinski definition) is 3. The van der Waals surface area contributed by atoms with E-state index in [2.05, 4.69) is 5.32 Å². The number of ether oxygens (including phenoxy) is 1. The van der Waals surface area contributed by atoms with Crippen LogP contribution in [0.2, 0.25) is 0 Å². The van der Waals surface area contributed by atoms with E-state index in [0.717, 1.165) is 25.9 Å². The highest BCUT2D eigenvalue weighted by molar-refractivity contribution is 5.80. The molecule has 0 spiro atoms. The first kappa shape index (κ1) is 14.2. The number of amides is 1. The summed E-state index contributed by atoms with van der Waals surface area (Å²) in [6.45, 7) is 2.37. The van der Waals surface area contributed by atoms with Gasteiger partial charge in [0.05, 0.1) is 25.8 Å². The molecule has 0 aliphatic carbocycles. The molecule has 0 aromatic carbocycles. The SMILES string of the molecule is NC1CCN(CC(=O)NC2COCC2C(=O)O)CC1.